The molecule has 1 saturated heterocycles. The number of aliphatic hydroxyl groups excluding tert-OH is 1. The molecule has 0 amide bonds. The van der Waals surface area contributed by atoms with Gasteiger partial charge in [0.2, 0.25) is 0 Å². The van der Waals surface area contributed by atoms with E-state index in [0.717, 1.165) is 24.8 Å². The van der Waals surface area contributed by atoms with Gasteiger partial charge in [0.1, 0.15) is 6.10 Å². The highest BCUT2D eigenvalue weighted by molar-refractivity contribution is 5.90. The van der Waals surface area contributed by atoms with Gasteiger partial charge in [-0.3, -0.25) is 0 Å². The van der Waals surface area contributed by atoms with Gasteiger partial charge in [0.15, 0.2) is 0 Å². The fourth-order valence-corrected chi connectivity index (χ4v) is 4.23. The number of ether oxygens (including phenoxy) is 1. The van der Waals surface area contributed by atoms with Gasteiger partial charge in [-0.2, -0.15) is 0 Å². The van der Waals surface area contributed by atoms with Crippen molar-refractivity contribution in [3.05, 3.63) is 24.3 Å². The number of fused-ring (bicyclic) bond motifs is 2. The Morgan fingerprint density at radius 2 is 2.11 bits per heavy atom. The molecule has 0 aromatic carbocycles. The molecular formula is C15H20O3. The first-order valence-electron chi connectivity index (χ1n) is 6.66. The maximum Gasteiger partial charge on any atom is 0.334 e. The standard InChI is InChI=1S/C15H20O3/c1-8-4-10(16)6-15(3)7-13-11(5-12(8)15)9(2)14(17)18-13/h10-13,16H,1-2,4-7H2,3H3/t10-,11-,12+,13-,15+/m1/s1. The lowest BCUT2D eigenvalue weighted by Gasteiger charge is -2.50. The molecule has 2 aliphatic carbocycles. The molecule has 1 N–H and O–H groups in total. The fourth-order valence-electron chi connectivity index (χ4n) is 4.23. The van der Waals surface area contributed by atoms with Crippen LogP contribution in [0.15, 0.2) is 24.3 Å². The molecule has 0 aromatic rings. The maximum atomic E-state index is 11.6. The first-order chi connectivity index (χ1) is 8.40. The predicted octanol–water partition coefficient (Wildman–Crippen LogP) is 2.21. The van der Waals surface area contributed by atoms with Crippen LogP contribution in [0.1, 0.15) is 32.6 Å². The number of carbonyl (C=O) groups excluding carboxylic acids is 1. The lowest BCUT2D eigenvalue weighted by molar-refractivity contribution is -0.142. The van der Waals surface area contributed by atoms with Crippen LogP contribution >= 0.6 is 0 Å². The van der Waals surface area contributed by atoms with Gasteiger partial charge >= 0.3 is 5.97 Å². The quantitative estimate of drug-likeness (QED) is 0.406. The zero-order valence-electron chi connectivity index (χ0n) is 10.8. The smallest absolute Gasteiger partial charge is 0.334 e. The average molecular weight is 248 g/mol. The van der Waals surface area contributed by atoms with E-state index in [4.69, 9.17) is 4.74 Å². The SMILES string of the molecule is C=C1C(=O)O[C@@H]2C[C@]3(C)C[C@H](O)CC(=C)[C@@H]3C[C@H]12. The maximum absolute atomic E-state index is 11.6. The van der Waals surface area contributed by atoms with E-state index in [1.54, 1.807) is 0 Å². The molecule has 3 rings (SSSR count). The third kappa shape index (κ3) is 1.57. The number of aliphatic hydroxyl groups is 1. The minimum atomic E-state index is -0.296. The highest BCUT2D eigenvalue weighted by Crippen LogP contribution is 2.56. The summed E-state index contributed by atoms with van der Waals surface area (Å²) in [5.74, 6) is 0.300. The Hall–Kier alpha value is -1.09. The second kappa shape index (κ2) is 3.70. The van der Waals surface area contributed by atoms with Gasteiger partial charge in [-0.1, -0.05) is 25.7 Å². The van der Waals surface area contributed by atoms with E-state index in [9.17, 15) is 9.90 Å². The summed E-state index contributed by atoms with van der Waals surface area (Å²) in [4.78, 5) is 11.6. The van der Waals surface area contributed by atoms with E-state index in [1.807, 2.05) is 0 Å². The highest BCUT2D eigenvalue weighted by Gasteiger charge is 2.53. The van der Waals surface area contributed by atoms with Gasteiger partial charge in [0, 0.05) is 11.5 Å². The summed E-state index contributed by atoms with van der Waals surface area (Å²) in [5.41, 5.74) is 1.77. The predicted molar refractivity (Wildman–Crippen MR) is 67.7 cm³/mol. The molecule has 3 heteroatoms. The van der Waals surface area contributed by atoms with Crippen LogP contribution in [0.3, 0.4) is 0 Å². The van der Waals surface area contributed by atoms with E-state index in [0.29, 0.717) is 17.9 Å². The molecule has 98 valence electrons. The molecule has 2 saturated carbocycles. The lowest BCUT2D eigenvalue weighted by atomic mass is 9.55. The van der Waals surface area contributed by atoms with Crippen molar-refractivity contribution in [3.63, 3.8) is 0 Å². The highest BCUT2D eigenvalue weighted by atomic mass is 16.6. The van der Waals surface area contributed by atoms with Crippen molar-refractivity contribution in [3.8, 4) is 0 Å². The van der Waals surface area contributed by atoms with E-state index in [2.05, 4.69) is 20.1 Å². The summed E-state index contributed by atoms with van der Waals surface area (Å²) in [5, 5.41) is 9.94. The van der Waals surface area contributed by atoms with Gasteiger partial charge in [-0.15, -0.1) is 0 Å². The summed E-state index contributed by atoms with van der Waals surface area (Å²) < 4.78 is 5.41. The summed E-state index contributed by atoms with van der Waals surface area (Å²) in [7, 11) is 0. The third-order valence-electron chi connectivity index (χ3n) is 5.11. The van der Waals surface area contributed by atoms with Gasteiger partial charge < -0.3 is 9.84 Å². The molecule has 0 unspecified atom stereocenters. The molecule has 0 radical (unpaired) electrons. The number of hydrogen-bond acceptors (Lipinski definition) is 3. The number of carbonyl (C=O) groups is 1. The van der Waals surface area contributed by atoms with Crippen molar-refractivity contribution in [1.82, 2.24) is 0 Å². The van der Waals surface area contributed by atoms with Crippen LogP contribution in [0.25, 0.3) is 0 Å². The summed E-state index contributed by atoms with van der Waals surface area (Å²) in [6.45, 7) is 10.2. The Labute approximate surface area is 108 Å². The van der Waals surface area contributed by atoms with Crippen LogP contribution in [0.2, 0.25) is 0 Å². The fraction of sp³-hybridized carbons (Fsp3) is 0.667. The Kier molecular flexibility index (Phi) is 2.46. The molecule has 0 bridgehead atoms. The zero-order valence-corrected chi connectivity index (χ0v) is 10.8. The van der Waals surface area contributed by atoms with Crippen LogP contribution in [0, 0.1) is 17.3 Å². The number of esters is 1. The Morgan fingerprint density at radius 1 is 1.39 bits per heavy atom. The molecule has 3 fully saturated rings. The van der Waals surface area contributed by atoms with Crippen LogP contribution in [-0.4, -0.2) is 23.3 Å². The van der Waals surface area contributed by atoms with Crippen molar-refractivity contribution in [2.45, 2.75) is 44.8 Å². The summed E-state index contributed by atoms with van der Waals surface area (Å²) >= 11 is 0. The second-order valence-electron chi connectivity index (χ2n) is 6.44. The van der Waals surface area contributed by atoms with E-state index in [-0.39, 0.29) is 29.5 Å². The molecule has 1 aliphatic heterocycles. The lowest BCUT2D eigenvalue weighted by Crippen LogP contribution is -2.46. The van der Waals surface area contributed by atoms with Gasteiger partial charge in [-0.25, -0.2) is 4.79 Å². The van der Waals surface area contributed by atoms with Gasteiger partial charge in [-0.05, 0) is 37.0 Å². The number of rotatable bonds is 0. The first-order valence-corrected chi connectivity index (χ1v) is 6.66. The topological polar surface area (TPSA) is 46.5 Å². The van der Waals surface area contributed by atoms with Crippen LogP contribution in [-0.2, 0) is 9.53 Å². The molecular weight excluding hydrogens is 228 g/mol. The Bertz CT molecular complexity index is 439. The minimum absolute atomic E-state index is 0.0147. The van der Waals surface area contributed by atoms with Crippen molar-refractivity contribution in [2.75, 3.05) is 0 Å². The summed E-state index contributed by atoms with van der Waals surface area (Å²) in [6, 6.07) is 0. The largest absolute Gasteiger partial charge is 0.458 e. The monoisotopic (exact) mass is 248 g/mol. The molecule has 1 heterocycles. The molecule has 3 nitrogen and oxygen atoms in total. The molecule has 18 heavy (non-hydrogen) atoms. The van der Waals surface area contributed by atoms with Crippen molar-refractivity contribution in [2.24, 2.45) is 17.3 Å². The second-order valence-corrected chi connectivity index (χ2v) is 6.44. The normalized spacial score (nSPS) is 47.6. The van der Waals surface area contributed by atoms with Crippen LogP contribution < -0.4 is 0 Å². The van der Waals surface area contributed by atoms with Crippen molar-refractivity contribution in [1.29, 1.82) is 0 Å². The van der Waals surface area contributed by atoms with E-state index < -0.39 is 0 Å². The van der Waals surface area contributed by atoms with Crippen molar-refractivity contribution < 1.29 is 14.6 Å². The minimum Gasteiger partial charge on any atom is -0.458 e. The number of hydrogen-bond donors (Lipinski definition) is 1. The zero-order chi connectivity index (χ0) is 13.1. The van der Waals surface area contributed by atoms with Crippen LogP contribution in [0.5, 0.6) is 0 Å². The first kappa shape index (κ1) is 12.0. The average Bonchev–Trinajstić information content (AvgIpc) is 2.50. The Morgan fingerprint density at radius 3 is 2.83 bits per heavy atom. The van der Waals surface area contributed by atoms with Gasteiger partial charge in [0.05, 0.1) is 6.10 Å². The Balaban J connectivity index is 1.91. The molecule has 5 atom stereocenters. The van der Waals surface area contributed by atoms with E-state index >= 15 is 0 Å². The van der Waals surface area contributed by atoms with Crippen molar-refractivity contribution >= 4 is 5.97 Å². The third-order valence-corrected chi connectivity index (χ3v) is 5.11. The molecule has 3 aliphatic rings. The molecule has 0 aromatic heterocycles. The molecule has 0 spiro atoms. The van der Waals surface area contributed by atoms with E-state index in [1.165, 1.54) is 0 Å². The van der Waals surface area contributed by atoms with Gasteiger partial charge in [0.25, 0.3) is 0 Å². The van der Waals surface area contributed by atoms with Crippen LogP contribution in [0.4, 0.5) is 0 Å². The summed E-state index contributed by atoms with van der Waals surface area (Å²) in [6.07, 6.45) is 2.86.